The third-order valence-corrected chi connectivity index (χ3v) is 2.94. The monoisotopic (exact) mass is 230 g/mol. The second kappa shape index (κ2) is 5.81. The molecule has 1 rings (SSSR count). The van der Waals surface area contributed by atoms with Crippen molar-refractivity contribution in [3.63, 3.8) is 0 Å². The second-order valence-corrected chi connectivity index (χ2v) is 4.12. The van der Waals surface area contributed by atoms with Crippen LogP contribution >= 0.6 is 0 Å². The molecule has 0 aromatic heterocycles. The van der Waals surface area contributed by atoms with Crippen LogP contribution in [0, 0.1) is 5.92 Å². The van der Waals surface area contributed by atoms with Crippen LogP contribution < -0.4 is 5.73 Å². The Morgan fingerprint density at radius 3 is 2.44 bits per heavy atom. The van der Waals surface area contributed by atoms with E-state index in [2.05, 4.69) is 0 Å². The number of nitrogens with two attached hydrogens (primary N) is 1. The minimum Gasteiger partial charge on any atom is -0.481 e. The molecular formula is C10H18N2O4. The lowest BCUT2D eigenvalue weighted by molar-refractivity contribution is -0.142. The summed E-state index contributed by atoms with van der Waals surface area (Å²) in [5.74, 6) is -2.40. The maximum Gasteiger partial charge on any atom is 0.320 e. The molecule has 1 heterocycles. The quantitative estimate of drug-likeness (QED) is 0.536. The van der Waals surface area contributed by atoms with Crippen LogP contribution in [0.3, 0.4) is 0 Å². The van der Waals surface area contributed by atoms with E-state index in [0.29, 0.717) is 19.6 Å². The first-order valence-corrected chi connectivity index (χ1v) is 5.46. The van der Waals surface area contributed by atoms with Gasteiger partial charge in [-0.1, -0.05) is 0 Å². The number of carbonyl (C=O) groups is 2. The lowest BCUT2D eigenvalue weighted by Gasteiger charge is -2.20. The van der Waals surface area contributed by atoms with Gasteiger partial charge < -0.3 is 15.9 Å². The number of likely N-dealkylation sites (tertiary alicyclic amines) is 1. The fraction of sp³-hybridized carbons (Fsp3) is 0.800. The molecule has 4 N–H and O–H groups in total. The topological polar surface area (TPSA) is 104 Å². The number of carboxylic acids is 2. The van der Waals surface area contributed by atoms with Gasteiger partial charge in [0, 0.05) is 6.54 Å². The van der Waals surface area contributed by atoms with Crippen molar-refractivity contribution in [1.29, 1.82) is 0 Å². The highest BCUT2D eigenvalue weighted by molar-refractivity contribution is 5.77. The van der Waals surface area contributed by atoms with Crippen molar-refractivity contribution in [2.45, 2.75) is 25.3 Å². The van der Waals surface area contributed by atoms with Gasteiger partial charge in [0.2, 0.25) is 0 Å². The van der Waals surface area contributed by atoms with E-state index in [1.54, 1.807) is 4.90 Å². The lowest BCUT2D eigenvalue weighted by atomic mass is 10.1. The molecule has 6 heteroatoms. The Hall–Kier alpha value is -1.14. The number of aliphatic carboxylic acids is 2. The molecule has 2 atom stereocenters. The van der Waals surface area contributed by atoms with E-state index in [9.17, 15) is 9.59 Å². The van der Waals surface area contributed by atoms with Gasteiger partial charge in [0.25, 0.3) is 0 Å². The number of hydrogen-bond donors (Lipinski definition) is 3. The van der Waals surface area contributed by atoms with Crippen LogP contribution in [0.2, 0.25) is 0 Å². The summed E-state index contributed by atoms with van der Waals surface area (Å²) in [6.45, 7) is 1.52. The molecule has 0 saturated carbocycles. The first kappa shape index (κ1) is 12.9. The van der Waals surface area contributed by atoms with E-state index >= 15 is 0 Å². The summed E-state index contributed by atoms with van der Waals surface area (Å²) in [6, 6.07) is -0.654. The van der Waals surface area contributed by atoms with Gasteiger partial charge in [-0.2, -0.15) is 0 Å². The minimum absolute atomic E-state index is 0.202. The number of rotatable bonds is 6. The van der Waals surface area contributed by atoms with Gasteiger partial charge in [0.1, 0.15) is 6.04 Å². The van der Waals surface area contributed by atoms with E-state index in [1.807, 2.05) is 0 Å². The molecule has 1 aliphatic heterocycles. The summed E-state index contributed by atoms with van der Waals surface area (Å²) in [6.07, 6.45) is 1.85. The molecule has 2 unspecified atom stereocenters. The average Bonchev–Trinajstić information content (AvgIpc) is 2.62. The molecule has 0 bridgehead atoms. The molecule has 0 aliphatic carbocycles. The predicted octanol–water partition coefficient (Wildman–Crippen LogP) is -0.415. The summed E-state index contributed by atoms with van der Waals surface area (Å²) in [4.78, 5) is 23.5. The van der Waals surface area contributed by atoms with Crippen LogP contribution in [0.15, 0.2) is 0 Å². The van der Waals surface area contributed by atoms with Crippen molar-refractivity contribution in [3.05, 3.63) is 0 Å². The summed E-state index contributed by atoms with van der Waals surface area (Å²) < 4.78 is 0. The molecule has 1 aliphatic rings. The number of hydrogen-bond acceptors (Lipinski definition) is 4. The van der Waals surface area contributed by atoms with Crippen LogP contribution in [0.5, 0.6) is 0 Å². The fourth-order valence-electron chi connectivity index (χ4n) is 2.05. The zero-order chi connectivity index (χ0) is 12.1. The zero-order valence-corrected chi connectivity index (χ0v) is 9.13. The maximum absolute atomic E-state index is 11.0. The molecule has 1 saturated heterocycles. The maximum atomic E-state index is 11.0. The predicted molar refractivity (Wildman–Crippen MR) is 57.0 cm³/mol. The SMILES string of the molecule is NCCCCN1CC(C(=O)O)CC1C(=O)O. The molecular weight excluding hydrogens is 212 g/mol. The molecule has 16 heavy (non-hydrogen) atoms. The first-order chi connectivity index (χ1) is 7.56. The Labute approximate surface area is 94.0 Å². The van der Waals surface area contributed by atoms with Crippen molar-refractivity contribution in [1.82, 2.24) is 4.90 Å². The van der Waals surface area contributed by atoms with Crippen LogP contribution in [0.4, 0.5) is 0 Å². The minimum atomic E-state index is -0.934. The number of unbranched alkanes of at least 4 members (excludes halogenated alkanes) is 1. The largest absolute Gasteiger partial charge is 0.481 e. The van der Waals surface area contributed by atoms with E-state index in [-0.39, 0.29) is 6.42 Å². The van der Waals surface area contributed by atoms with Crippen LogP contribution in [-0.4, -0.2) is 52.7 Å². The van der Waals surface area contributed by atoms with Crippen molar-refractivity contribution in [2.24, 2.45) is 11.7 Å². The van der Waals surface area contributed by atoms with Gasteiger partial charge in [-0.05, 0) is 32.4 Å². The average molecular weight is 230 g/mol. The number of carboxylic acid groups (broad SMARTS) is 2. The Bertz CT molecular complexity index is 270. The highest BCUT2D eigenvalue weighted by Crippen LogP contribution is 2.24. The Morgan fingerprint density at radius 2 is 1.94 bits per heavy atom. The van der Waals surface area contributed by atoms with E-state index in [1.165, 1.54) is 0 Å². The lowest BCUT2D eigenvalue weighted by Crippen LogP contribution is -2.36. The third kappa shape index (κ3) is 3.18. The molecule has 6 nitrogen and oxygen atoms in total. The van der Waals surface area contributed by atoms with Gasteiger partial charge >= 0.3 is 11.9 Å². The van der Waals surface area contributed by atoms with Crippen LogP contribution in [-0.2, 0) is 9.59 Å². The van der Waals surface area contributed by atoms with E-state index in [4.69, 9.17) is 15.9 Å². The van der Waals surface area contributed by atoms with Gasteiger partial charge in [0.15, 0.2) is 0 Å². The summed E-state index contributed by atoms with van der Waals surface area (Å²) in [5, 5.41) is 17.8. The molecule has 0 aromatic carbocycles. The van der Waals surface area contributed by atoms with Crippen molar-refractivity contribution < 1.29 is 19.8 Å². The van der Waals surface area contributed by atoms with Gasteiger partial charge in [-0.3, -0.25) is 14.5 Å². The third-order valence-electron chi connectivity index (χ3n) is 2.94. The van der Waals surface area contributed by atoms with Crippen molar-refractivity contribution >= 4 is 11.9 Å². The standard InChI is InChI=1S/C10H18N2O4/c11-3-1-2-4-12-6-7(9(13)14)5-8(12)10(15)16/h7-8H,1-6,11H2,(H,13,14)(H,15,16). The zero-order valence-electron chi connectivity index (χ0n) is 9.13. The first-order valence-electron chi connectivity index (χ1n) is 5.46. The summed E-state index contributed by atoms with van der Waals surface area (Å²) >= 11 is 0. The van der Waals surface area contributed by atoms with E-state index < -0.39 is 23.9 Å². The highest BCUT2D eigenvalue weighted by Gasteiger charge is 2.39. The Balaban J connectivity index is 2.52. The van der Waals surface area contributed by atoms with Gasteiger partial charge in [0.05, 0.1) is 5.92 Å². The van der Waals surface area contributed by atoms with Crippen LogP contribution in [0.1, 0.15) is 19.3 Å². The van der Waals surface area contributed by atoms with Gasteiger partial charge in [-0.15, -0.1) is 0 Å². The smallest absolute Gasteiger partial charge is 0.320 e. The Morgan fingerprint density at radius 1 is 1.25 bits per heavy atom. The Kier molecular flexibility index (Phi) is 4.70. The number of nitrogens with zero attached hydrogens (tertiary/aromatic N) is 1. The van der Waals surface area contributed by atoms with Gasteiger partial charge in [-0.25, -0.2) is 0 Å². The molecule has 92 valence electrons. The molecule has 0 spiro atoms. The molecule has 0 aromatic rings. The van der Waals surface area contributed by atoms with Crippen molar-refractivity contribution in [2.75, 3.05) is 19.6 Å². The fourth-order valence-corrected chi connectivity index (χ4v) is 2.05. The van der Waals surface area contributed by atoms with Crippen molar-refractivity contribution in [3.8, 4) is 0 Å². The second-order valence-electron chi connectivity index (χ2n) is 4.12. The highest BCUT2D eigenvalue weighted by atomic mass is 16.4. The van der Waals surface area contributed by atoms with E-state index in [0.717, 1.165) is 12.8 Å². The molecule has 1 fully saturated rings. The molecule has 0 amide bonds. The normalized spacial score (nSPS) is 25.8. The summed E-state index contributed by atoms with van der Waals surface area (Å²) in [5.41, 5.74) is 5.35. The summed E-state index contributed by atoms with van der Waals surface area (Å²) in [7, 11) is 0. The van der Waals surface area contributed by atoms with Crippen LogP contribution in [0.25, 0.3) is 0 Å². The molecule has 0 radical (unpaired) electrons.